The van der Waals surface area contributed by atoms with Crippen LogP contribution >= 0.6 is 0 Å². The standard InChI is InChI=1S/C48H58F2N2O10S3.3Na.O3S/c1-6-7-29-62-41-24-22-38(49)45(46(41)50)44-33(19-25-42-47(2,3)36-17-8-9-18-39(36)51(42)27-10-12-30-63(53,54)55)15-14-16-34(44)20-26-43-48(4,5)37-32-35(65(59,60)61)21-23-40(37)52(43)28-11-13-31-64(56,57)58;;;;1-4(2)3/h9,17-26,32H,6-7,10-16,27-31H2,1-5H3,(H,53,54,55)(H,56,57,58)(H,59,60,61);;;;/q;3*+1;/p-3. The van der Waals surface area contributed by atoms with Crippen molar-refractivity contribution in [3.63, 3.8) is 0 Å². The summed E-state index contributed by atoms with van der Waals surface area (Å²) in [6.45, 7) is 10.6. The minimum Gasteiger partial charge on any atom is -0.748 e. The predicted molar refractivity (Wildman–Crippen MR) is 253 cm³/mol. The minimum absolute atomic E-state index is 0. The van der Waals surface area contributed by atoms with Gasteiger partial charge in [-0.05, 0) is 104 Å². The fraction of sp³-hybridized carbons (Fsp3) is 0.438. The van der Waals surface area contributed by atoms with Crippen molar-refractivity contribution in [2.45, 2.75) is 108 Å². The smallest absolute Gasteiger partial charge is 0.748 e. The second kappa shape index (κ2) is 27.9. The summed E-state index contributed by atoms with van der Waals surface area (Å²) in [4.78, 5) is 1.47. The Labute approximate surface area is 490 Å². The summed E-state index contributed by atoms with van der Waals surface area (Å²) in [6.07, 6.45) is 11.3. The first kappa shape index (κ1) is 66.2. The second-order valence-corrected chi connectivity index (χ2v) is 22.8. The van der Waals surface area contributed by atoms with Crippen molar-refractivity contribution in [2.75, 3.05) is 36.1 Å². The van der Waals surface area contributed by atoms with Crippen molar-refractivity contribution in [2.24, 2.45) is 0 Å². The van der Waals surface area contributed by atoms with Crippen LogP contribution in [0.1, 0.15) is 109 Å². The van der Waals surface area contributed by atoms with Gasteiger partial charge in [0.2, 0.25) is 0 Å². The van der Waals surface area contributed by atoms with Crippen LogP contribution in [0.2, 0.25) is 0 Å². The van der Waals surface area contributed by atoms with Crippen LogP contribution in [-0.4, -0.2) is 93.0 Å². The van der Waals surface area contributed by atoms with Crippen LogP contribution in [0.15, 0.2) is 94.6 Å². The molecule has 0 amide bonds. The van der Waals surface area contributed by atoms with Gasteiger partial charge in [0, 0.05) is 52.8 Å². The minimum atomic E-state index is -4.82. The average molecular weight is 1100 g/mol. The monoisotopic (exact) mass is 1100 g/mol. The van der Waals surface area contributed by atoms with Crippen molar-refractivity contribution >= 4 is 63.6 Å². The van der Waals surface area contributed by atoms with Crippen LogP contribution in [0.4, 0.5) is 20.2 Å². The van der Waals surface area contributed by atoms with Crippen LogP contribution in [0, 0.1) is 17.7 Å². The number of ether oxygens (including phenoxy) is 1. The molecule has 0 N–H and O–H groups in total. The summed E-state index contributed by atoms with van der Waals surface area (Å²) in [7, 11) is -16.8. The van der Waals surface area contributed by atoms with Gasteiger partial charge in [0.25, 0.3) is 0 Å². The first-order valence-electron chi connectivity index (χ1n) is 22.3. The molecule has 2 aliphatic heterocycles. The molecule has 72 heavy (non-hydrogen) atoms. The van der Waals surface area contributed by atoms with E-state index in [0.717, 1.165) is 23.4 Å². The Bertz CT molecular complexity index is 3080. The Morgan fingerprint density at radius 1 is 0.806 bits per heavy atom. The van der Waals surface area contributed by atoms with Crippen molar-refractivity contribution in [3.05, 3.63) is 124 Å². The van der Waals surface area contributed by atoms with Gasteiger partial charge < -0.3 is 23.3 Å². The van der Waals surface area contributed by atoms with Gasteiger partial charge in [-0.15, -0.1) is 18.7 Å². The number of nitrogens with zero attached hydrogens (tertiary/aromatic N) is 2. The fourth-order valence-electron chi connectivity index (χ4n) is 9.09. The third kappa shape index (κ3) is 17.1. The number of hydrogen-bond acceptors (Lipinski definition) is 14. The molecule has 3 aromatic rings. The molecule has 0 fully saturated rings. The Morgan fingerprint density at radius 3 is 2.06 bits per heavy atom. The molecule has 24 heteroatoms. The quantitative estimate of drug-likeness (QED) is 0.0446. The van der Waals surface area contributed by atoms with Crippen LogP contribution in [0.3, 0.4) is 0 Å². The topological polar surface area (TPSA) is 238 Å². The van der Waals surface area contributed by atoms with Gasteiger partial charge in [0.05, 0.1) is 37.3 Å². The molecule has 376 valence electrons. The molecule has 6 rings (SSSR count). The summed E-state index contributed by atoms with van der Waals surface area (Å²) in [6, 6.07) is 15.3. The number of halogens is 2. The van der Waals surface area contributed by atoms with E-state index >= 15 is 8.78 Å². The average Bonchev–Trinajstić information content (AvgIpc) is 3.59. The summed E-state index contributed by atoms with van der Waals surface area (Å²) in [5.74, 6) is -2.81. The SMILES string of the molecule is CCCCOc1ccc(F)c(C2=C(C=CC3=[N+](CCCCS(=O)(=O)[O-])c4cc[c-]cc4C3(C)C)CCCC2=CC=C2N(CCCCS(=O)(=O)[O-])c3ccc(S(=O)(=O)[O-])cc3C2(C)C)c1F.O=S(=O)=O.[Na+].[Na+].[Na+]. The Kier molecular flexibility index (Phi) is 25.7. The molecule has 0 atom stereocenters. The molecule has 15 nitrogen and oxygen atoms in total. The number of rotatable bonds is 19. The zero-order valence-electron chi connectivity index (χ0n) is 41.9. The van der Waals surface area contributed by atoms with Gasteiger partial charge in [-0.25, -0.2) is 38.6 Å². The molecular weight excluding hydrogens is 1050 g/mol. The summed E-state index contributed by atoms with van der Waals surface area (Å²) in [5.41, 5.74) is 4.32. The molecule has 0 unspecified atom stereocenters. The predicted octanol–water partition coefficient (Wildman–Crippen LogP) is -1.32. The first-order valence-corrected chi connectivity index (χ1v) is 27.9. The number of allylic oxidation sites excluding steroid dienone is 8. The van der Waals surface area contributed by atoms with Gasteiger partial charge in [-0.1, -0.05) is 58.8 Å². The summed E-state index contributed by atoms with van der Waals surface area (Å²) < 4.78 is 171. The van der Waals surface area contributed by atoms with E-state index in [2.05, 4.69) is 10.6 Å². The van der Waals surface area contributed by atoms with E-state index in [1.165, 1.54) is 30.3 Å². The van der Waals surface area contributed by atoms with Gasteiger partial charge in [-0.3, -0.25) is 0 Å². The fourth-order valence-corrected chi connectivity index (χ4v) is 10.7. The number of benzene rings is 3. The maximum Gasteiger partial charge on any atom is 1.00 e. The number of anilines is 1. The van der Waals surface area contributed by atoms with Gasteiger partial charge in [0.15, 0.2) is 17.3 Å². The van der Waals surface area contributed by atoms with Crippen molar-refractivity contribution in [3.8, 4) is 5.75 Å². The number of fused-ring (bicyclic) bond motifs is 2. The van der Waals surface area contributed by atoms with E-state index in [1.807, 2.05) is 63.8 Å². The van der Waals surface area contributed by atoms with Gasteiger partial charge in [-0.2, -0.15) is 18.2 Å². The van der Waals surface area contributed by atoms with E-state index in [4.69, 9.17) is 17.4 Å². The van der Waals surface area contributed by atoms with Crippen molar-refractivity contribution in [1.29, 1.82) is 0 Å². The maximum absolute atomic E-state index is 16.9. The molecule has 0 saturated carbocycles. The Morgan fingerprint density at radius 2 is 1.44 bits per heavy atom. The molecular formula is C48H55F2N2Na3O13S4. The van der Waals surface area contributed by atoms with E-state index in [-0.39, 0.29) is 132 Å². The van der Waals surface area contributed by atoms with Gasteiger partial charge in [0.1, 0.15) is 28.2 Å². The van der Waals surface area contributed by atoms with E-state index in [1.54, 1.807) is 18.2 Å². The number of hydrogen-bond donors (Lipinski definition) is 0. The normalized spacial score (nSPS) is 17.2. The van der Waals surface area contributed by atoms with E-state index in [0.29, 0.717) is 72.3 Å². The summed E-state index contributed by atoms with van der Waals surface area (Å²) >= 11 is 0. The largest absolute Gasteiger partial charge is 1.00 e. The first-order chi connectivity index (χ1) is 32.2. The number of unbranched alkanes of at least 4 members (excludes halogenated alkanes) is 3. The maximum atomic E-state index is 16.9. The van der Waals surface area contributed by atoms with Crippen LogP contribution in [-0.2, 0) is 51.8 Å². The van der Waals surface area contributed by atoms with E-state index < -0.39 is 79.8 Å². The zero-order valence-corrected chi connectivity index (χ0v) is 51.2. The third-order valence-electron chi connectivity index (χ3n) is 12.4. The van der Waals surface area contributed by atoms with Crippen LogP contribution in [0.5, 0.6) is 5.75 Å². The van der Waals surface area contributed by atoms with Crippen LogP contribution in [0.25, 0.3) is 5.57 Å². The molecule has 3 aliphatic rings. The summed E-state index contributed by atoms with van der Waals surface area (Å²) in [5, 5.41) is 0. The molecule has 1 aliphatic carbocycles. The van der Waals surface area contributed by atoms with Gasteiger partial charge >= 0.3 is 99.3 Å². The second-order valence-electron chi connectivity index (χ2n) is 17.9. The Hall–Kier alpha value is -1.90. The Balaban J connectivity index is 0.00000244. The van der Waals surface area contributed by atoms with E-state index in [9.17, 15) is 38.9 Å². The molecule has 0 saturated heterocycles. The zero-order chi connectivity index (χ0) is 51.1. The molecule has 0 bridgehead atoms. The third-order valence-corrected chi connectivity index (χ3v) is 14.8. The molecule has 0 radical (unpaired) electrons. The molecule has 2 heterocycles. The van der Waals surface area contributed by atoms with Crippen molar-refractivity contribution < 1.29 is 158 Å². The van der Waals surface area contributed by atoms with Crippen LogP contribution < -0.4 is 98.3 Å². The van der Waals surface area contributed by atoms with Crippen molar-refractivity contribution in [1.82, 2.24) is 0 Å². The molecule has 3 aromatic carbocycles. The molecule has 0 aromatic heterocycles. The molecule has 0 spiro atoms.